The predicted molar refractivity (Wildman–Crippen MR) is 244 cm³/mol. The van der Waals surface area contributed by atoms with Gasteiger partial charge in [-0.05, 0) is 113 Å². The maximum atomic E-state index is 17.7. The summed E-state index contributed by atoms with van der Waals surface area (Å²) in [5.41, 5.74) is -7.83. The Kier molecular flexibility index (Phi) is 13.1. The molecule has 15 nitrogen and oxygen atoms in total. The van der Waals surface area contributed by atoms with Gasteiger partial charge < -0.3 is 40.1 Å². The van der Waals surface area contributed by atoms with E-state index in [1.54, 1.807) is 78.0 Å². The molecule has 0 bridgehead atoms. The fourth-order valence-corrected chi connectivity index (χ4v) is 15.6. The average Bonchev–Trinajstić information content (AvgIpc) is 3.63. The first-order valence-corrected chi connectivity index (χ1v) is 24.2. The van der Waals surface area contributed by atoms with Gasteiger partial charge >= 0.3 is 0 Å². The number of Topliss-reactive ketones (excluding diaryl/α,β-unsaturated/α-hetero) is 3. The third kappa shape index (κ3) is 6.97. The molecule has 16 atom stereocenters. The van der Waals surface area contributed by atoms with Crippen LogP contribution < -0.4 is 5.43 Å². The number of aliphatic hydroxyl groups is 6. The molecular weight excluding hydrogens is 885 g/mol. The van der Waals surface area contributed by atoms with Crippen molar-refractivity contribution in [1.82, 2.24) is 5.43 Å². The molecule has 8 aliphatic carbocycles. The number of aliphatic hydroxyl groups excluding tert-OH is 4. The Hall–Kier alpha value is -3.68. The molecule has 6 fully saturated rings. The Morgan fingerprint density at radius 3 is 1.62 bits per heavy atom. The molecule has 0 unspecified atom stereocenters. The van der Waals surface area contributed by atoms with Gasteiger partial charge in [0.1, 0.15) is 44.2 Å². The second-order valence-corrected chi connectivity index (χ2v) is 22.2. The first-order chi connectivity index (χ1) is 31.9. The summed E-state index contributed by atoms with van der Waals surface area (Å²) in [6, 6.07) is 0. The molecule has 7 N–H and O–H groups in total. The number of nitrogens with zero attached hydrogens (tertiary/aromatic N) is 2. The summed E-state index contributed by atoms with van der Waals surface area (Å²) in [5, 5.41) is 70.2. The molecule has 0 aromatic carbocycles. The van der Waals surface area contributed by atoms with Gasteiger partial charge in [-0.2, -0.15) is 5.10 Å². The van der Waals surface area contributed by atoms with Crippen LogP contribution in [0, 0.1) is 57.2 Å². The number of fused-ring (bicyclic) bond motifs is 10. The zero-order chi connectivity index (χ0) is 49.6. The van der Waals surface area contributed by atoms with Crippen LogP contribution in [0.1, 0.15) is 92.9 Å². The summed E-state index contributed by atoms with van der Waals surface area (Å²) in [7, 11) is 0. The molecule has 17 heteroatoms. The maximum Gasteiger partial charge on any atom is 0.266 e. The van der Waals surface area contributed by atoms with Crippen LogP contribution >= 0.6 is 0 Å². The Balaban J connectivity index is 0.784. The number of ether oxygens (including phenoxy) is 2. The number of aliphatic imine (C=N–C) groups is 1. The van der Waals surface area contributed by atoms with E-state index in [-0.39, 0.29) is 51.6 Å². The van der Waals surface area contributed by atoms with Crippen molar-refractivity contribution in [1.29, 1.82) is 0 Å². The highest BCUT2D eigenvalue weighted by molar-refractivity contribution is 6.07. The summed E-state index contributed by atoms with van der Waals surface area (Å²) in [6.45, 7) is 7.99. The zero-order valence-electron chi connectivity index (χ0n) is 40.0. The number of hydrazone groups is 1. The summed E-state index contributed by atoms with van der Waals surface area (Å²) in [4.78, 5) is 55.5. The molecule has 374 valence electrons. The van der Waals surface area contributed by atoms with Gasteiger partial charge in [-0.25, -0.2) is 14.2 Å². The minimum absolute atomic E-state index is 0.00174. The maximum absolute atomic E-state index is 17.7. The molecule has 0 saturated heterocycles. The lowest BCUT2D eigenvalue weighted by molar-refractivity contribution is -0.219. The van der Waals surface area contributed by atoms with Crippen molar-refractivity contribution in [2.45, 2.75) is 128 Å². The lowest BCUT2D eigenvalue weighted by Crippen LogP contribution is -2.69. The Morgan fingerprint density at radius 2 is 1.15 bits per heavy atom. The van der Waals surface area contributed by atoms with E-state index in [1.165, 1.54) is 0 Å². The highest BCUT2D eigenvalue weighted by atomic mass is 19.1. The number of nitrogens with one attached hydrogen (secondary N) is 1. The molecule has 1 amide bonds. The fourth-order valence-electron chi connectivity index (χ4n) is 15.6. The van der Waals surface area contributed by atoms with Crippen LogP contribution in [-0.2, 0) is 28.7 Å². The summed E-state index contributed by atoms with van der Waals surface area (Å²) in [5.74, 6) is -5.42. The molecule has 6 saturated carbocycles. The number of rotatable bonds is 14. The van der Waals surface area contributed by atoms with Crippen molar-refractivity contribution >= 4 is 34.7 Å². The molecular formula is C51H69F2N3O12. The number of halogens is 2. The first kappa shape index (κ1) is 50.7. The van der Waals surface area contributed by atoms with Crippen LogP contribution in [0.15, 0.2) is 57.7 Å². The zero-order valence-corrected chi connectivity index (χ0v) is 40.0. The van der Waals surface area contributed by atoms with Crippen LogP contribution in [0.2, 0.25) is 0 Å². The number of allylic oxidation sites excluding steroid dienone is 8. The minimum Gasteiger partial charge on any atom is -0.390 e. The number of alkyl halides is 2. The van der Waals surface area contributed by atoms with Crippen molar-refractivity contribution in [2.75, 3.05) is 46.2 Å². The van der Waals surface area contributed by atoms with Gasteiger partial charge in [0.05, 0.1) is 36.8 Å². The van der Waals surface area contributed by atoms with Gasteiger partial charge in [0.15, 0.2) is 28.7 Å². The number of hydrogen-bond acceptors (Lipinski definition) is 14. The standard InChI is InChI=1S/C51H69F2N3O12/c1-28-17-37-35-9-7-30-19-32(11-13-44(30,3)48(35,52)39(60)21-46(37,5)50(28,65)41(62)24-57)54-23-34(59)26-67-15-16-68-27-43(64)56-55-33-12-14-45(4)31(20-33)8-10-36-38-18-29(2)51(66,42(63)25-58)47(38,6)22-40(61)49(36,45)53/h11-14,19-20,28-29,35-40,57-58,60-61,65-66H,7-10,15-18,21-27H2,1-6H3,(H,56,64)/b54-32?,55-33+/t28-,29-,35+,36+,37+,38+,39+,40+,44+,45+,46+,47+,48+,49+,50+,51+/m1/s1. The van der Waals surface area contributed by atoms with Crippen molar-refractivity contribution < 1.29 is 68.1 Å². The topological polar surface area (TPSA) is 245 Å². The monoisotopic (exact) mass is 953 g/mol. The highest BCUT2D eigenvalue weighted by Gasteiger charge is 2.77. The smallest absolute Gasteiger partial charge is 0.266 e. The molecule has 0 aromatic rings. The van der Waals surface area contributed by atoms with Crippen LogP contribution in [0.5, 0.6) is 0 Å². The fraction of sp³-hybridized carbons (Fsp3) is 0.725. The third-order valence-corrected chi connectivity index (χ3v) is 19.2. The summed E-state index contributed by atoms with van der Waals surface area (Å²) in [6.07, 6.45) is 9.32. The molecule has 0 aromatic heterocycles. The van der Waals surface area contributed by atoms with E-state index >= 15 is 8.78 Å². The number of hydrogen-bond donors (Lipinski definition) is 7. The molecule has 0 aliphatic heterocycles. The van der Waals surface area contributed by atoms with Gasteiger partial charge in [-0.15, -0.1) is 0 Å². The molecule has 0 heterocycles. The van der Waals surface area contributed by atoms with Crippen molar-refractivity contribution in [3.63, 3.8) is 0 Å². The summed E-state index contributed by atoms with van der Waals surface area (Å²) >= 11 is 0. The van der Waals surface area contributed by atoms with Crippen molar-refractivity contribution in [2.24, 2.45) is 67.3 Å². The normalized spacial score (nSPS) is 46.7. The largest absolute Gasteiger partial charge is 0.390 e. The Bertz CT molecular complexity index is 2140. The van der Waals surface area contributed by atoms with Gasteiger partial charge in [0.2, 0.25) is 0 Å². The number of carbonyl (C=O) groups is 4. The van der Waals surface area contributed by atoms with E-state index < -0.39 is 123 Å². The van der Waals surface area contributed by atoms with Crippen LogP contribution in [0.25, 0.3) is 0 Å². The first-order valence-electron chi connectivity index (χ1n) is 24.2. The SMILES string of the molecule is C[C@@H]1C[C@H]2[C@@H]3CCC4=CC(=NCC(=O)COCCOCC(=O)N/N=C5\C=C[C@@]6(C)C(=C5)CC[C@H]5[C@@H]7C[C@@H](C)[C@](O)(C(=O)CO)[C@@]7(C)C[C@H](O)[C@@]56F)C=C[C@]4(C)[C@@]3(F)[C@@H](O)C[C@]2(C)[C@@]1(O)C(=O)CO. The molecule has 0 radical (unpaired) electrons. The van der Waals surface area contributed by atoms with Crippen LogP contribution in [0.4, 0.5) is 8.78 Å². The Labute approximate surface area is 395 Å². The summed E-state index contributed by atoms with van der Waals surface area (Å²) < 4.78 is 46.2. The van der Waals surface area contributed by atoms with Crippen LogP contribution in [0.3, 0.4) is 0 Å². The van der Waals surface area contributed by atoms with E-state index in [1.807, 2.05) is 0 Å². The third-order valence-electron chi connectivity index (χ3n) is 19.2. The second kappa shape index (κ2) is 17.6. The van der Waals surface area contributed by atoms with E-state index in [0.29, 0.717) is 55.5 Å². The lowest BCUT2D eigenvalue weighted by atomic mass is 9.44. The predicted octanol–water partition coefficient (Wildman–Crippen LogP) is 3.18. The minimum atomic E-state index is -2.10. The average molecular weight is 954 g/mol. The molecule has 8 aliphatic rings. The van der Waals surface area contributed by atoms with Gasteiger partial charge in [0.25, 0.3) is 5.91 Å². The van der Waals surface area contributed by atoms with E-state index in [0.717, 1.165) is 5.57 Å². The lowest BCUT2D eigenvalue weighted by Gasteiger charge is -2.62. The highest BCUT2D eigenvalue weighted by Crippen LogP contribution is 2.72. The van der Waals surface area contributed by atoms with Gasteiger partial charge in [-0.3, -0.25) is 24.2 Å². The molecule has 8 rings (SSSR count). The van der Waals surface area contributed by atoms with E-state index in [2.05, 4.69) is 15.5 Å². The number of amides is 1. The van der Waals surface area contributed by atoms with E-state index in [9.17, 15) is 49.8 Å². The Morgan fingerprint density at radius 1 is 0.706 bits per heavy atom. The van der Waals surface area contributed by atoms with Crippen molar-refractivity contribution in [3.8, 4) is 0 Å². The van der Waals surface area contributed by atoms with Crippen LogP contribution in [-0.4, -0.2) is 146 Å². The number of ketones is 3. The molecule has 68 heavy (non-hydrogen) atoms. The second-order valence-electron chi connectivity index (χ2n) is 22.2. The van der Waals surface area contributed by atoms with Gasteiger partial charge in [0, 0.05) is 33.5 Å². The van der Waals surface area contributed by atoms with E-state index in [4.69, 9.17) is 9.47 Å². The number of carbonyl (C=O) groups excluding carboxylic acids is 4. The van der Waals surface area contributed by atoms with Crippen molar-refractivity contribution in [3.05, 3.63) is 47.6 Å². The molecule has 0 spiro atoms. The van der Waals surface area contributed by atoms with Gasteiger partial charge in [-0.1, -0.05) is 51.0 Å². The quantitative estimate of drug-likeness (QED) is 0.0981.